The fourth-order valence-electron chi connectivity index (χ4n) is 2.37. The Bertz CT molecular complexity index is 481. The summed E-state index contributed by atoms with van der Waals surface area (Å²) in [4.78, 5) is 0. The Labute approximate surface area is 119 Å². The van der Waals surface area contributed by atoms with Gasteiger partial charge in [-0.1, -0.05) is 39.3 Å². The lowest BCUT2D eigenvalue weighted by Gasteiger charge is -2.31. The van der Waals surface area contributed by atoms with Crippen LogP contribution in [0.15, 0.2) is 6.07 Å². The van der Waals surface area contributed by atoms with Crippen molar-refractivity contribution in [2.24, 2.45) is 0 Å². The molecule has 0 fully saturated rings. The maximum Gasteiger partial charge on any atom is 0.180 e. The molecule has 0 amide bonds. The highest BCUT2D eigenvalue weighted by Crippen LogP contribution is 2.46. The van der Waals surface area contributed by atoms with E-state index in [1.54, 1.807) is 0 Å². The molecule has 0 aromatic heterocycles. The van der Waals surface area contributed by atoms with Gasteiger partial charge in [-0.15, -0.1) is 0 Å². The number of halogens is 1. The summed E-state index contributed by atoms with van der Waals surface area (Å²) in [6.45, 7) is 9.29. The fraction of sp³-hybridized carbons (Fsp3) is 0.600. The first-order valence-corrected chi connectivity index (χ1v) is 6.99. The van der Waals surface area contributed by atoms with E-state index in [2.05, 4.69) is 13.8 Å². The number of ether oxygens (including phenoxy) is 2. The van der Waals surface area contributed by atoms with Gasteiger partial charge in [0.2, 0.25) is 0 Å². The molecule has 1 aliphatic heterocycles. The highest BCUT2D eigenvalue weighted by atomic mass is 35.5. The lowest BCUT2D eigenvalue weighted by atomic mass is 9.79. The first-order chi connectivity index (χ1) is 8.88. The zero-order valence-electron chi connectivity index (χ0n) is 11.9. The van der Waals surface area contributed by atoms with Crippen molar-refractivity contribution in [3.05, 3.63) is 22.2 Å². The zero-order chi connectivity index (χ0) is 14.2. The van der Waals surface area contributed by atoms with Crippen LogP contribution in [0.3, 0.4) is 0 Å². The first-order valence-electron chi connectivity index (χ1n) is 6.62. The summed E-state index contributed by atoms with van der Waals surface area (Å²) in [6, 6.07) is 1.96. The quantitative estimate of drug-likeness (QED) is 0.923. The molecule has 1 aromatic rings. The molecule has 1 aliphatic rings. The fourth-order valence-corrected chi connectivity index (χ4v) is 2.84. The van der Waals surface area contributed by atoms with Crippen LogP contribution >= 0.6 is 11.6 Å². The Morgan fingerprint density at radius 1 is 1.32 bits per heavy atom. The summed E-state index contributed by atoms with van der Waals surface area (Å²) in [6.07, 6.45) is 0. The normalized spacial score (nSPS) is 14.9. The Hall–Kier alpha value is -0.930. The molecule has 0 spiro atoms. The molecule has 0 unspecified atom stereocenters. The molecule has 106 valence electrons. The van der Waals surface area contributed by atoms with E-state index < -0.39 is 0 Å². The third-order valence-electron chi connectivity index (χ3n) is 3.51. The van der Waals surface area contributed by atoms with Gasteiger partial charge in [-0.3, -0.25) is 0 Å². The van der Waals surface area contributed by atoms with Crippen LogP contribution in [0, 0.1) is 0 Å². The number of aliphatic hydroxyl groups is 1. The minimum Gasteiger partial charge on any atom is -0.486 e. The lowest BCUT2D eigenvalue weighted by Crippen LogP contribution is -2.26. The maximum absolute atomic E-state index is 9.63. The second-order valence-electron chi connectivity index (χ2n) is 5.87. The lowest BCUT2D eigenvalue weighted by molar-refractivity contribution is 0.170. The SMILES string of the molecule is CC(C)c1c(C(C)(C)CO)cc2c(c1Cl)OCCO2. The van der Waals surface area contributed by atoms with Gasteiger partial charge in [0.25, 0.3) is 0 Å². The minimum absolute atomic E-state index is 0.0582. The van der Waals surface area contributed by atoms with Crippen molar-refractivity contribution in [3.63, 3.8) is 0 Å². The average Bonchev–Trinajstić information content (AvgIpc) is 2.38. The second kappa shape index (κ2) is 5.22. The van der Waals surface area contributed by atoms with Crippen molar-refractivity contribution < 1.29 is 14.6 Å². The van der Waals surface area contributed by atoms with Crippen molar-refractivity contribution in [1.82, 2.24) is 0 Å². The van der Waals surface area contributed by atoms with E-state index in [0.717, 1.165) is 11.1 Å². The maximum atomic E-state index is 9.63. The van der Waals surface area contributed by atoms with Crippen molar-refractivity contribution in [2.45, 2.75) is 39.0 Å². The Kier molecular flexibility index (Phi) is 3.98. The minimum atomic E-state index is -0.362. The molecule has 3 nitrogen and oxygen atoms in total. The Morgan fingerprint density at radius 2 is 1.95 bits per heavy atom. The number of aliphatic hydroxyl groups excluding tert-OH is 1. The van der Waals surface area contributed by atoms with Gasteiger partial charge >= 0.3 is 0 Å². The third kappa shape index (κ3) is 2.54. The summed E-state index contributed by atoms with van der Waals surface area (Å²) >= 11 is 6.50. The van der Waals surface area contributed by atoms with Crippen LogP contribution < -0.4 is 9.47 Å². The molecule has 0 atom stereocenters. The number of rotatable bonds is 3. The summed E-state index contributed by atoms with van der Waals surface area (Å²) in [5.41, 5.74) is 1.70. The van der Waals surface area contributed by atoms with Crippen LogP contribution in [0.1, 0.15) is 44.7 Å². The number of benzene rings is 1. The van der Waals surface area contributed by atoms with Crippen LogP contribution in [-0.2, 0) is 5.41 Å². The molecule has 1 aromatic carbocycles. The molecule has 2 rings (SSSR count). The van der Waals surface area contributed by atoms with Gasteiger partial charge in [-0.05, 0) is 23.1 Å². The van der Waals surface area contributed by atoms with Crippen molar-refractivity contribution in [2.75, 3.05) is 19.8 Å². The molecule has 19 heavy (non-hydrogen) atoms. The largest absolute Gasteiger partial charge is 0.486 e. The Morgan fingerprint density at radius 3 is 2.53 bits per heavy atom. The van der Waals surface area contributed by atoms with Gasteiger partial charge < -0.3 is 14.6 Å². The van der Waals surface area contributed by atoms with E-state index in [9.17, 15) is 5.11 Å². The van der Waals surface area contributed by atoms with Gasteiger partial charge in [-0.2, -0.15) is 0 Å². The molecule has 0 radical (unpaired) electrons. The van der Waals surface area contributed by atoms with Crippen LogP contribution in [0.4, 0.5) is 0 Å². The molecular formula is C15H21ClO3. The summed E-state index contributed by atoms with van der Waals surface area (Å²) < 4.78 is 11.3. The van der Waals surface area contributed by atoms with E-state index in [4.69, 9.17) is 21.1 Å². The summed E-state index contributed by atoms with van der Waals surface area (Å²) in [5, 5.41) is 10.2. The summed E-state index contributed by atoms with van der Waals surface area (Å²) in [5.74, 6) is 1.57. The third-order valence-corrected chi connectivity index (χ3v) is 3.89. The highest BCUT2D eigenvalue weighted by Gasteiger charge is 2.30. The predicted molar refractivity (Wildman–Crippen MR) is 76.6 cm³/mol. The number of hydrogen-bond acceptors (Lipinski definition) is 3. The van der Waals surface area contributed by atoms with Gasteiger partial charge in [0.15, 0.2) is 11.5 Å². The predicted octanol–water partition coefficient (Wildman–Crippen LogP) is 3.50. The molecular weight excluding hydrogens is 264 g/mol. The molecule has 0 saturated carbocycles. The second-order valence-corrected chi connectivity index (χ2v) is 6.25. The van der Waals surface area contributed by atoms with E-state index in [-0.39, 0.29) is 17.9 Å². The van der Waals surface area contributed by atoms with Crippen molar-refractivity contribution >= 4 is 11.6 Å². The van der Waals surface area contributed by atoms with Crippen LogP contribution in [0.5, 0.6) is 11.5 Å². The van der Waals surface area contributed by atoms with Gasteiger partial charge in [-0.25, -0.2) is 0 Å². The van der Waals surface area contributed by atoms with E-state index in [1.807, 2.05) is 19.9 Å². The molecule has 0 aliphatic carbocycles. The van der Waals surface area contributed by atoms with Gasteiger partial charge in [0.1, 0.15) is 13.2 Å². The van der Waals surface area contributed by atoms with Crippen molar-refractivity contribution in [3.8, 4) is 11.5 Å². The monoisotopic (exact) mass is 284 g/mol. The first kappa shape index (κ1) is 14.5. The van der Waals surface area contributed by atoms with E-state index in [0.29, 0.717) is 29.7 Å². The Balaban J connectivity index is 2.68. The number of hydrogen-bond donors (Lipinski definition) is 1. The van der Waals surface area contributed by atoms with Crippen LogP contribution in [0.2, 0.25) is 5.02 Å². The van der Waals surface area contributed by atoms with Crippen LogP contribution in [0.25, 0.3) is 0 Å². The van der Waals surface area contributed by atoms with Gasteiger partial charge in [0, 0.05) is 5.41 Å². The highest BCUT2D eigenvalue weighted by molar-refractivity contribution is 6.33. The molecule has 1 N–H and O–H groups in total. The summed E-state index contributed by atoms with van der Waals surface area (Å²) in [7, 11) is 0. The topological polar surface area (TPSA) is 38.7 Å². The molecule has 0 bridgehead atoms. The van der Waals surface area contributed by atoms with Crippen LogP contribution in [-0.4, -0.2) is 24.9 Å². The van der Waals surface area contributed by atoms with E-state index in [1.165, 1.54) is 0 Å². The van der Waals surface area contributed by atoms with Gasteiger partial charge in [0.05, 0.1) is 11.6 Å². The average molecular weight is 285 g/mol. The zero-order valence-corrected chi connectivity index (χ0v) is 12.7. The molecule has 0 saturated heterocycles. The number of fused-ring (bicyclic) bond motifs is 1. The smallest absolute Gasteiger partial charge is 0.180 e. The standard InChI is InChI=1S/C15H21ClO3/c1-9(2)12-10(15(3,4)8-17)7-11-14(13(12)16)19-6-5-18-11/h7,9,17H,5-6,8H2,1-4H3. The van der Waals surface area contributed by atoms with E-state index >= 15 is 0 Å². The molecule has 1 heterocycles. The molecule has 4 heteroatoms. The van der Waals surface area contributed by atoms with Crippen molar-refractivity contribution in [1.29, 1.82) is 0 Å².